The Morgan fingerprint density at radius 2 is 0.965 bits per heavy atom. The van der Waals surface area contributed by atoms with Crippen LogP contribution in [0.2, 0.25) is 0 Å². The minimum Gasteiger partial charge on any atom is -0.456 e. The van der Waals surface area contributed by atoms with Crippen molar-refractivity contribution in [3.63, 3.8) is 0 Å². The summed E-state index contributed by atoms with van der Waals surface area (Å²) in [5.41, 5.74) is 11.5. The van der Waals surface area contributed by atoms with E-state index in [9.17, 15) is 0 Å². The van der Waals surface area contributed by atoms with Gasteiger partial charge in [-0.3, -0.25) is 4.57 Å². The van der Waals surface area contributed by atoms with Crippen LogP contribution in [0.5, 0.6) is 0 Å². The number of aromatic nitrogens is 4. The van der Waals surface area contributed by atoms with Gasteiger partial charge in [0.2, 0.25) is 5.95 Å². The van der Waals surface area contributed by atoms with Gasteiger partial charge in [-0.2, -0.15) is 9.97 Å². The number of rotatable bonds is 5. The molecule has 0 aliphatic heterocycles. The summed E-state index contributed by atoms with van der Waals surface area (Å²) in [5.74, 6) is 1.65. The minimum absolute atomic E-state index is 0.523. The van der Waals surface area contributed by atoms with Gasteiger partial charge < -0.3 is 8.83 Å². The fourth-order valence-corrected chi connectivity index (χ4v) is 8.40. The molecule has 0 spiro atoms. The molecule has 12 aromatic rings. The quantitative estimate of drug-likeness (QED) is 0.176. The van der Waals surface area contributed by atoms with Crippen molar-refractivity contribution >= 4 is 65.7 Å². The van der Waals surface area contributed by atoms with Gasteiger partial charge in [-0.05, 0) is 70.8 Å². The van der Waals surface area contributed by atoms with Crippen molar-refractivity contribution in [2.24, 2.45) is 0 Å². The molecule has 0 amide bonds. The topological polar surface area (TPSA) is 69.9 Å². The molecule has 4 heterocycles. The van der Waals surface area contributed by atoms with Crippen LogP contribution in [0.3, 0.4) is 0 Å². The van der Waals surface area contributed by atoms with E-state index in [0.717, 1.165) is 99.1 Å². The van der Waals surface area contributed by atoms with E-state index in [-0.39, 0.29) is 0 Å². The first-order valence-corrected chi connectivity index (χ1v) is 19.0. The molecule has 0 radical (unpaired) electrons. The summed E-state index contributed by atoms with van der Waals surface area (Å²) in [6, 6.07) is 62.7. The predicted molar refractivity (Wildman–Crippen MR) is 230 cm³/mol. The zero-order chi connectivity index (χ0) is 37.5. The summed E-state index contributed by atoms with van der Waals surface area (Å²) in [7, 11) is 0. The van der Waals surface area contributed by atoms with Gasteiger partial charge >= 0.3 is 0 Å². The molecule has 0 saturated carbocycles. The predicted octanol–water partition coefficient (Wildman–Crippen LogP) is 13.4. The Labute approximate surface area is 325 Å². The molecular weight excluding hydrogens is 701 g/mol. The zero-order valence-electron chi connectivity index (χ0n) is 30.4. The third kappa shape index (κ3) is 5.01. The van der Waals surface area contributed by atoms with Crippen LogP contribution >= 0.6 is 0 Å². The molecule has 0 bridgehead atoms. The second-order valence-electron chi connectivity index (χ2n) is 14.4. The number of hydrogen-bond acceptors (Lipinski definition) is 5. The first kappa shape index (κ1) is 31.5. The Morgan fingerprint density at radius 1 is 0.333 bits per heavy atom. The standard InChI is InChI=1S/C51H30N4O2/c1-4-13-31(14-5-1)34-24-26-42-39(27-34)40-30-47-41(37-19-10-11-21-44(37)56-47)29-43(40)55(42)51-53-49(33-17-8-3-9-18-33)52-50(54-51)35-23-25-38-46(28-35)57-45-22-12-20-36(48(38)45)32-15-6-2-7-16-32/h1-30H. The lowest BCUT2D eigenvalue weighted by Crippen LogP contribution is -2.06. The average Bonchev–Trinajstić information content (AvgIpc) is 3.95. The Kier molecular flexibility index (Phi) is 6.83. The second-order valence-corrected chi connectivity index (χ2v) is 14.4. The number of furan rings is 2. The maximum absolute atomic E-state index is 6.54. The first-order valence-electron chi connectivity index (χ1n) is 19.0. The normalized spacial score (nSPS) is 11.9. The van der Waals surface area contributed by atoms with E-state index < -0.39 is 0 Å². The summed E-state index contributed by atoms with van der Waals surface area (Å²) in [4.78, 5) is 15.6. The second kappa shape index (κ2) is 12.3. The molecule has 12 rings (SSSR count). The first-order chi connectivity index (χ1) is 28.2. The highest BCUT2D eigenvalue weighted by Crippen LogP contribution is 2.41. The summed E-state index contributed by atoms with van der Waals surface area (Å²) >= 11 is 0. The van der Waals surface area contributed by atoms with Crippen LogP contribution in [0.1, 0.15) is 0 Å². The summed E-state index contributed by atoms with van der Waals surface area (Å²) in [5, 5.41) is 6.36. The molecule has 266 valence electrons. The van der Waals surface area contributed by atoms with Gasteiger partial charge in [0.15, 0.2) is 11.6 Å². The van der Waals surface area contributed by atoms with Gasteiger partial charge in [-0.25, -0.2) is 4.98 Å². The molecule has 0 saturated heterocycles. The molecule has 0 aliphatic rings. The van der Waals surface area contributed by atoms with Gasteiger partial charge in [-0.15, -0.1) is 0 Å². The highest BCUT2D eigenvalue weighted by atomic mass is 16.3. The molecular formula is C51H30N4O2. The van der Waals surface area contributed by atoms with E-state index in [1.165, 1.54) is 0 Å². The zero-order valence-corrected chi connectivity index (χ0v) is 30.4. The van der Waals surface area contributed by atoms with Crippen LogP contribution in [0.4, 0.5) is 0 Å². The minimum atomic E-state index is 0.523. The third-order valence-corrected chi connectivity index (χ3v) is 11.1. The molecule has 0 unspecified atom stereocenters. The van der Waals surface area contributed by atoms with E-state index in [2.05, 4.69) is 120 Å². The lowest BCUT2D eigenvalue weighted by molar-refractivity contribution is 0.669. The van der Waals surface area contributed by atoms with Gasteiger partial charge in [0.1, 0.15) is 22.3 Å². The average molecular weight is 731 g/mol. The fourth-order valence-electron chi connectivity index (χ4n) is 8.40. The van der Waals surface area contributed by atoms with Crippen LogP contribution in [0.25, 0.3) is 117 Å². The van der Waals surface area contributed by atoms with Crippen LogP contribution < -0.4 is 0 Å². The van der Waals surface area contributed by atoms with Crippen molar-refractivity contribution in [2.75, 3.05) is 0 Å². The summed E-state index contributed by atoms with van der Waals surface area (Å²) in [6.07, 6.45) is 0. The van der Waals surface area contributed by atoms with Crippen molar-refractivity contribution in [3.05, 3.63) is 182 Å². The van der Waals surface area contributed by atoms with E-state index in [4.69, 9.17) is 23.8 Å². The third-order valence-electron chi connectivity index (χ3n) is 11.1. The van der Waals surface area contributed by atoms with Crippen molar-refractivity contribution < 1.29 is 8.83 Å². The maximum Gasteiger partial charge on any atom is 0.238 e. The van der Waals surface area contributed by atoms with Gasteiger partial charge in [0, 0.05) is 43.4 Å². The van der Waals surface area contributed by atoms with Crippen molar-refractivity contribution in [2.45, 2.75) is 0 Å². The molecule has 0 fully saturated rings. The number of para-hydroxylation sites is 1. The lowest BCUT2D eigenvalue weighted by Gasteiger charge is -2.11. The van der Waals surface area contributed by atoms with E-state index in [1.54, 1.807) is 0 Å². The van der Waals surface area contributed by atoms with Gasteiger partial charge in [-0.1, -0.05) is 133 Å². The molecule has 0 aliphatic carbocycles. The molecule has 4 aromatic heterocycles. The summed E-state index contributed by atoms with van der Waals surface area (Å²) < 4.78 is 15.1. The Bertz CT molecular complexity index is 3510. The molecule has 6 heteroatoms. The Morgan fingerprint density at radius 3 is 1.77 bits per heavy atom. The molecule has 6 nitrogen and oxygen atoms in total. The summed E-state index contributed by atoms with van der Waals surface area (Å²) in [6.45, 7) is 0. The van der Waals surface area contributed by atoms with Crippen LogP contribution in [0, 0.1) is 0 Å². The smallest absolute Gasteiger partial charge is 0.238 e. The van der Waals surface area contributed by atoms with E-state index in [0.29, 0.717) is 17.6 Å². The fraction of sp³-hybridized carbons (Fsp3) is 0. The van der Waals surface area contributed by atoms with Gasteiger partial charge in [0.25, 0.3) is 0 Å². The molecule has 0 atom stereocenters. The Balaban J connectivity index is 1.12. The lowest BCUT2D eigenvalue weighted by atomic mass is 9.99. The number of hydrogen-bond donors (Lipinski definition) is 0. The molecule has 0 N–H and O–H groups in total. The van der Waals surface area contributed by atoms with E-state index >= 15 is 0 Å². The highest BCUT2D eigenvalue weighted by molar-refractivity contribution is 6.18. The number of benzene rings is 8. The Hall–Kier alpha value is -7.83. The largest absolute Gasteiger partial charge is 0.456 e. The van der Waals surface area contributed by atoms with Crippen molar-refractivity contribution in [1.82, 2.24) is 19.5 Å². The number of nitrogens with zero attached hydrogens (tertiary/aromatic N) is 4. The van der Waals surface area contributed by atoms with Crippen LogP contribution in [0.15, 0.2) is 191 Å². The van der Waals surface area contributed by atoms with E-state index in [1.807, 2.05) is 66.7 Å². The molecule has 57 heavy (non-hydrogen) atoms. The van der Waals surface area contributed by atoms with Crippen LogP contribution in [-0.2, 0) is 0 Å². The maximum atomic E-state index is 6.54. The van der Waals surface area contributed by atoms with Gasteiger partial charge in [0.05, 0.1) is 11.0 Å². The monoisotopic (exact) mass is 730 g/mol. The highest BCUT2D eigenvalue weighted by Gasteiger charge is 2.21. The number of fused-ring (bicyclic) bond motifs is 9. The van der Waals surface area contributed by atoms with Crippen molar-refractivity contribution in [3.8, 4) is 51.0 Å². The van der Waals surface area contributed by atoms with Crippen molar-refractivity contribution in [1.29, 1.82) is 0 Å². The SMILES string of the molecule is c1ccc(-c2ccc3c(c2)c2cc4oc5ccccc5c4cc2n3-c2nc(-c3ccccc3)nc(-c3ccc4c(c3)oc3cccc(-c5ccccc5)c34)n2)cc1. The molecule has 8 aromatic carbocycles. The van der Waals surface area contributed by atoms with Crippen LogP contribution in [-0.4, -0.2) is 19.5 Å².